The Morgan fingerprint density at radius 3 is 2.67 bits per heavy atom. The van der Waals surface area contributed by atoms with Crippen molar-refractivity contribution in [2.45, 2.75) is 31.8 Å². The fourth-order valence-corrected chi connectivity index (χ4v) is 3.99. The summed E-state index contributed by atoms with van der Waals surface area (Å²) in [6, 6.07) is 4.34. The molecule has 0 amide bonds. The van der Waals surface area contributed by atoms with E-state index in [9.17, 15) is 0 Å². The molecule has 0 radical (unpaired) electrons. The van der Waals surface area contributed by atoms with Crippen molar-refractivity contribution in [2.75, 3.05) is 26.2 Å². The maximum atomic E-state index is 6.35. The average molecular weight is 332 g/mol. The van der Waals surface area contributed by atoms with Gasteiger partial charge in [0.25, 0.3) is 0 Å². The third-order valence-electron chi connectivity index (χ3n) is 3.65. The fourth-order valence-electron chi connectivity index (χ4n) is 2.57. The van der Waals surface area contributed by atoms with Crippen LogP contribution in [0.4, 0.5) is 0 Å². The van der Waals surface area contributed by atoms with Gasteiger partial charge in [-0.15, -0.1) is 11.3 Å². The van der Waals surface area contributed by atoms with Gasteiger partial charge in [-0.25, -0.2) is 0 Å². The molecule has 0 saturated carbocycles. The van der Waals surface area contributed by atoms with Crippen LogP contribution >= 0.6 is 27.3 Å². The molecule has 1 unspecified atom stereocenters. The number of nitrogens with one attached hydrogen (secondary N) is 1. The van der Waals surface area contributed by atoms with Crippen LogP contribution in [-0.4, -0.2) is 36.6 Å². The van der Waals surface area contributed by atoms with Gasteiger partial charge >= 0.3 is 0 Å². The monoisotopic (exact) mass is 331 g/mol. The second kappa shape index (κ2) is 6.01. The molecular formula is C13H22BrN3S. The molecule has 2 heterocycles. The highest BCUT2D eigenvalue weighted by Gasteiger charge is 2.30. The molecule has 0 bridgehead atoms. The maximum Gasteiger partial charge on any atom is 0.0701 e. The highest BCUT2D eigenvalue weighted by molar-refractivity contribution is 9.11. The number of nitrogens with zero attached hydrogens (tertiary/aromatic N) is 1. The molecule has 0 aliphatic carbocycles. The molecule has 1 aromatic rings. The van der Waals surface area contributed by atoms with E-state index in [1.54, 1.807) is 11.3 Å². The largest absolute Gasteiger partial charge is 0.323 e. The highest BCUT2D eigenvalue weighted by Crippen LogP contribution is 2.32. The minimum absolute atomic E-state index is 0.131. The molecule has 1 aromatic heterocycles. The summed E-state index contributed by atoms with van der Waals surface area (Å²) in [5.74, 6) is 0. The van der Waals surface area contributed by atoms with Gasteiger partial charge in [0.1, 0.15) is 0 Å². The Hall–Kier alpha value is 0.0600. The normalized spacial score (nSPS) is 20.0. The van der Waals surface area contributed by atoms with Gasteiger partial charge in [-0.05, 0) is 48.3 Å². The third kappa shape index (κ3) is 3.54. The van der Waals surface area contributed by atoms with E-state index in [0.717, 1.165) is 36.4 Å². The minimum Gasteiger partial charge on any atom is -0.323 e. The Labute approximate surface area is 122 Å². The lowest BCUT2D eigenvalue weighted by Crippen LogP contribution is -2.54. The molecule has 3 N–H and O–H groups in total. The maximum absolute atomic E-state index is 6.35. The molecule has 1 atom stereocenters. The number of piperazine rings is 1. The van der Waals surface area contributed by atoms with Crippen LogP contribution in [0.1, 0.15) is 31.2 Å². The van der Waals surface area contributed by atoms with Gasteiger partial charge in [0.15, 0.2) is 0 Å². The van der Waals surface area contributed by atoms with Gasteiger partial charge in [0.05, 0.1) is 3.79 Å². The van der Waals surface area contributed by atoms with Crippen molar-refractivity contribution in [2.24, 2.45) is 5.73 Å². The van der Waals surface area contributed by atoms with E-state index in [-0.39, 0.29) is 11.6 Å². The Morgan fingerprint density at radius 2 is 2.11 bits per heavy atom. The first-order chi connectivity index (χ1) is 8.49. The molecular weight excluding hydrogens is 310 g/mol. The SMILES string of the molecule is CC(C)(CC(N)c1ccc(Br)s1)N1CCNCC1. The van der Waals surface area contributed by atoms with E-state index >= 15 is 0 Å². The molecule has 102 valence electrons. The van der Waals surface area contributed by atoms with E-state index in [0.29, 0.717) is 0 Å². The van der Waals surface area contributed by atoms with Gasteiger partial charge < -0.3 is 11.1 Å². The Kier molecular flexibility index (Phi) is 4.83. The van der Waals surface area contributed by atoms with Crippen LogP contribution in [0.25, 0.3) is 0 Å². The van der Waals surface area contributed by atoms with E-state index in [4.69, 9.17) is 5.73 Å². The molecule has 1 aliphatic rings. The van der Waals surface area contributed by atoms with Crippen LogP contribution in [0.3, 0.4) is 0 Å². The van der Waals surface area contributed by atoms with Gasteiger partial charge in [-0.2, -0.15) is 0 Å². The smallest absolute Gasteiger partial charge is 0.0701 e. The Bertz CT molecular complexity index is 385. The molecule has 18 heavy (non-hydrogen) atoms. The lowest BCUT2D eigenvalue weighted by Gasteiger charge is -2.42. The summed E-state index contributed by atoms with van der Waals surface area (Å²) < 4.78 is 1.16. The standard InChI is InChI=1S/C13H22BrN3S/c1-13(2,17-7-5-16-6-8-17)9-10(15)11-3-4-12(14)18-11/h3-4,10,16H,5-9,15H2,1-2H3. The molecule has 1 saturated heterocycles. The molecule has 1 aliphatic heterocycles. The summed E-state index contributed by atoms with van der Waals surface area (Å²) in [6.45, 7) is 9.02. The number of halogens is 1. The van der Waals surface area contributed by atoms with Crippen molar-refractivity contribution >= 4 is 27.3 Å². The quantitative estimate of drug-likeness (QED) is 0.890. The lowest BCUT2D eigenvalue weighted by atomic mass is 9.92. The molecule has 0 spiro atoms. The predicted molar refractivity (Wildman–Crippen MR) is 82.1 cm³/mol. The first-order valence-corrected chi connectivity index (χ1v) is 8.06. The fraction of sp³-hybridized carbons (Fsp3) is 0.692. The van der Waals surface area contributed by atoms with Gasteiger partial charge in [0.2, 0.25) is 0 Å². The number of hydrogen-bond donors (Lipinski definition) is 2. The van der Waals surface area contributed by atoms with Crippen LogP contribution in [-0.2, 0) is 0 Å². The number of rotatable bonds is 4. The number of hydrogen-bond acceptors (Lipinski definition) is 4. The Balaban J connectivity index is 1.98. The second-order valence-corrected chi connectivity index (χ2v) is 8.00. The van der Waals surface area contributed by atoms with Crippen molar-refractivity contribution in [1.82, 2.24) is 10.2 Å². The van der Waals surface area contributed by atoms with Crippen molar-refractivity contribution < 1.29 is 0 Å². The topological polar surface area (TPSA) is 41.3 Å². The zero-order chi connectivity index (χ0) is 13.2. The van der Waals surface area contributed by atoms with Crippen LogP contribution < -0.4 is 11.1 Å². The summed E-state index contributed by atoms with van der Waals surface area (Å²) in [5.41, 5.74) is 6.51. The van der Waals surface area contributed by atoms with E-state index in [1.165, 1.54) is 4.88 Å². The highest BCUT2D eigenvalue weighted by atomic mass is 79.9. The van der Waals surface area contributed by atoms with Crippen LogP contribution in [0.15, 0.2) is 15.9 Å². The van der Waals surface area contributed by atoms with Crippen molar-refractivity contribution in [3.63, 3.8) is 0 Å². The summed E-state index contributed by atoms with van der Waals surface area (Å²) in [4.78, 5) is 3.82. The van der Waals surface area contributed by atoms with Gasteiger partial charge in [0, 0.05) is 42.6 Å². The van der Waals surface area contributed by atoms with Crippen LogP contribution in [0.5, 0.6) is 0 Å². The number of nitrogens with two attached hydrogens (primary N) is 1. The van der Waals surface area contributed by atoms with Crippen molar-refractivity contribution in [3.05, 3.63) is 20.8 Å². The molecule has 0 aromatic carbocycles. The van der Waals surface area contributed by atoms with E-state index in [2.05, 4.69) is 52.1 Å². The van der Waals surface area contributed by atoms with Crippen molar-refractivity contribution in [3.8, 4) is 0 Å². The lowest BCUT2D eigenvalue weighted by molar-refractivity contribution is 0.0896. The Morgan fingerprint density at radius 1 is 1.44 bits per heavy atom. The zero-order valence-electron chi connectivity index (χ0n) is 11.1. The van der Waals surface area contributed by atoms with Crippen LogP contribution in [0.2, 0.25) is 0 Å². The van der Waals surface area contributed by atoms with Crippen molar-refractivity contribution in [1.29, 1.82) is 0 Å². The summed E-state index contributed by atoms with van der Waals surface area (Å²) in [7, 11) is 0. The first-order valence-electron chi connectivity index (χ1n) is 6.45. The van der Waals surface area contributed by atoms with Gasteiger partial charge in [-0.1, -0.05) is 0 Å². The minimum atomic E-state index is 0.131. The predicted octanol–water partition coefficient (Wildman–Crippen LogP) is 2.58. The zero-order valence-corrected chi connectivity index (χ0v) is 13.5. The molecule has 3 nitrogen and oxygen atoms in total. The van der Waals surface area contributed by atoms with E-state index in [1.807, 2.05) is 0 Å². The van der Waals surface area contributed by atoms with Gasteiger partial charge in [-0.3, -0.25) is 4.90 Å². The third-order valence-corrected chi connectivity index (χ3v) is 5.41. The average Bonchev–Trinajstić information content (AvgIpc) is 2.77. The first kappa shape index (κ1) is 14.5. The summed E-state index contributed by atoms with van der Waals surface area (Å²) in [6.07, 6.45) is 1.000. The summed E-state index contributed by atoms with van der Waals surface area (Å²) in [5, 5.41) is 3.40. The van der Waals surface area contributed by atoms with Crippen LogP contribution in [0, 0.1) is 0 Å². The number of thiophene rings is 1. The molecule has 2 rings (SSSR count). The summed E-state index contributed by atoms with van der Waals surface area (Å²) >= 11 is 5.24. The second-order valence-electron chi connectivity index (χ2n) is 5.50. The molecule has 1 fully saturated rings. The molecule has 5 heteroatoms. The van der Waals surface area contributed by atoms with E-state index < -0.39 is 0 Å².